The van der Waals surface area contributed by atoms with Crippen molar-refractivity contribution in [2.75, 3.05) is 64.3 Å². The molecule has 0 unspecified atom stereocenters. The monoisotopic (exact) mass is 544 g/mol. The molecular formula is C19H32F3IN6O. The third-order valence-corrected chi connectivity index (χ3v) is 4.39. The third kappa shape index (κ3) is 10.6. The second kappa shape index (κ2) is 14.6. The van der Waals surface area contributed by atoms with Crippen LogP contribution in [0.25, 0.3) is 0 Å². The molecule has 11 heteroatoms. The molecule has 1 aromatic rings. The van der Waals surface area contributed by atoms with E-state index in [0.717, 1.165) is 77.0 Å². The maximum Gasteiger partial charge on any atom is 0.417 e. The predicted molar refractivity (Wildman–Crippen MR) is 124 cm³/mol. The molecule has 1 fully saturated rings. The molecule has 0 aromatic carbocycles. The Hall–Kier alpha value is -1.34. The number of ether oxygens (including phenoxy) is 1. The second-order valence-corrected chi connectivity index (χ2v) is 6.71. The van der Waals surface area contributed by atoms with Crippen molar-refractivity contribution in [1.82, 2.24) is 20.5 Å². The largest absolute Gasteiger partial charge is 0.417 e. The fourth-order valence-electron chi connectivity index (χ4n) is 2.83. The van der Waals surface area contributed by atoms with Crippen LogP contribution in [0.2, 0.25) is 0 Å². The molecule has 1 aliphatic rings. The van der Waals surface area contributed by atoms with Gasteiger partial charge in [0.25, 0.3) is 0 Å². The summed E-state index contributed by atoms with van der Waals surface area (Å²) in [5.41, 5.74) is -0.748. The van der Waals surface area contributed by atoms with E-state index in [-0.39, 0.29) is 24.0 Å². The number of pyridine rings is 1. The molecule has 1 aliphatic heterocycles. The van der Waals surface area contributed by atoms with Gasteiger partial charge in [0.1, 0.15) is 5.82 Å². The Morgan fingerprint density at radius 3 is 2.57 bits per heavy atom. The van der Waals surface area contributed by atoms with Crippen LogP contribution in [0.5, 0.6) is 0 Å². The van der Waals surface area contributed by atoms with Gasteiger partial charge in [-0.25, -0.2) is 4.98 Å². The maximum absolute atomic E-state index is 12.5. The third-order valence-electron chi connectivity index (χ3n) is 4.39. The highest BCUT2D eigenvalue weighted by Crippen LogP contribution is 2.28. The number of guanidine groups is 1. The number of anilines is 1. The van der Waals surface area contributed by atoms with Crippen LogP contribution >= 0.6 is 24.0 Å². The zero-order valence-corrected chi connectivity index (χ0v) is 19.6. The zero-order valence-electron chi connectivity index (χ0n) is 17.3. The number of nitrogens with zero attached hydrogens (tertiary/aromatic N) is 3. The van der Waals surface area contributed by atoms with Gasteiger partial charge < -0.3 is 20.7 Å². The van der Waals surface area contributed by atoms with Crippen molar-refractivity contribution in [3.8, 4) is 0 Å². The van der Waals surface area contributed by atoms with Crippen LogP contribution in [-0.4, -0.2) is 74.9 Å². The van der Waals surface area contributed by atoms with Crippen molar-refractivity contribution in [1.29, 1.82) is 0 Å². The van der Waals surface area contributed by atoms with E-state index in [1.165, 1.54) is 6.07 Å². The van der Waals surface area contributed by atoms with Gasteiger partial charge in [0.05, 0.1) is 18.8 Å². The molecule has 1 saturated heterocycles. The first-order chi connectivity index (χ1) is 14.0. The van der Waals surface area contributed by atoms with E-state index < -0.39 is 11.7 Å². The number of halogens is 4. The average molecular weight is 544 g/mol. The maximum atomic E-state index is 12.5. The Morgan fingerprint density at radius 1 is 1.17 bits per heavy atom. The summed E-state index contributed by atoms with van der Waals surface area (Å²) in [7, 11) is 0. The van der Waals surface area contributed by atoms with E-state index in [1.54, 1.807) is 0 Å². The molecule has 3 N–H and O–H groups in total. The van der Waals surface area contributed by atoms with E-state index in [9.17, 15) is 13.2 Å². The Bertz CT molecular complexity index is 609. The highest BCUT2D eigenvalue weighted by Gasteiger charge is 2.30. The standard InChI is InChI=1S/C19H31F3N6O.HI/c1-2-23-18(26-9-4-10-28-11-13-29-14-12-28)25-8-3-7-24-17-6-5-16(15-27-17)19(20,21)22;/h5-6,15H,2-4,7-14H2,1H3,(H,24,27)(H2,23,25,26);1H. The molecule has 0 bridgehead atoms. The number of hydrogen-bond donors (Lipinski definition) is 3. The average Bonchev–Trinajstić information content (AvgIpc) is 2.71. The first-order valence-corrected chi connectivity index (χ1v) is 10.1. The van der Waals surface area contributed by atoms with Crippen LogP contribution in [0, 0.1) is 0 Å². The van der Waals surface area contributed by atoms with E-state index in [1.807, 2.05) is 6.92 Å². The van der Waals surface area contributed by atoms with Crippen molar-refractivity contribution in [2.45, 2.75) is 25.9 Å². The summed E-state index contributed by atoms with van der Waals surface area (Å²) in [5.74, 6) is 1.21. The van der Waals surface area contributed by atoms with Crippen LogP contribution in [0.3, 0.4) is 0 Å². The number of rotatable bonds is 10. The SMILES string of the molecule is CCNC(=NCCCNc1ccc(C(F)(F)F)cn1)NCCCN1CCOCC1.I. The lowest BCUT2D eigenvalue weighted by Gasteiger charge is -2.26. The van der Waals surface area contributed by atoms with Gasteiger partial charge in [-0.05, 0) is 38.4 Å². The number of hydrogen-bond acceptors (Lipinski definition) is 5. The van der Waals surface area contributed by atoms with E-state index in [2.05, 4.69) is 30.8 Å². The normalized spacial score (nSPS) is 15.4. The topological polar surface area (TPSA) is 73.8 Å². The molecular weight excluding hydrogens is 512 g/mol. The molecule has 1 aromatic heterocycles. The van der Waals surface area contributed by atoms with E-state index >= 15 is 0 Å². The predicted octanol–water partition coefficient (Wildman–Crippen LogP) is 2.80. The molecule has 0 amide bonds. The molecule has 2 rings (SSSR count). The Morgan fingerprint density at radius 2 is 1.93 bits per heavy atom. The lowest BCUT2D eigenvalue weighted by Crippen LogP contribution is -2.40. The summed E-state index contributed by atoms with van der Waals surface area (Å²) >= 11 is 0. The lowest BCUT2D eigenvalue weighted by molar-refractivity contribution is -0.137. The van der Waals surface area contributed by atoms with Gasteiger partial charge in [-0.3, -0.25) is 9.89 Å². The lowest BCUT2D eigenvalue weighted by atomic mass is 10.3. The van der Waals surface area contributed by atoms with Gasteiger partial charge in [0, 0.05) is 45.5 Å². The highest BCUT2D eigenvalue weighted by molar-refractivity contribution is 14.0. The molecule has 0 radical (unpaired) electrons. The minimum absolute atomic E-state index is 0. The van der Waals surface area contributed by atoms with Crippen molar-refractivity contribution >= 4 is 35.8 Å². The number of morpholine rings is 1. The zero-order chi connectivity index (χ0) is 21.0. The molecule has 172 valence electrons. The first kappa shape index (κ1) is 26.7. The minimum Gasteiger partial charge on any atom is -0.379 e. The molecule has 30 heavy (non-hydrogen) atoms. The van der Waals surface area contributed by atoms with Crippen molar-refractivity contribution in [3.05, 3.63) is 23.9 Å². The number of aromatic nitrogens is 1. The number of aliphatic imine (C=N–C) groups is 1. The quantitative estimate of drug-likeness (QED) is 0.182. The Balaban J connectivity index is 0.00000450. The number of nitrogens with one attached hydrogen (secondary N) is 3. The summed E-state index contributed by atoms with van der Waals surface area (Å²) in [6, 6.07) is 2.36. The van der Waals surface area contributed by atoms with Gasteiger partial charge in [-0.2, -0.15) is 13.2 Å². The molecule has 2 heterocycles. The van der Waals surface area contributed by atoms with Gasteiger partial charge >= 0.3 is 6.18 Å². The van der Waals surface area contributed by atoms with Gasteiger partial charge in [-0.15, -0.1) is 24.0 Å². The van der Waals surface area contributed by atoms with Crippen molar-refractivity contribution in [3.63, 3.8) is 0 Å². The summed E-state index contributed by atoms with van der Waals surface area (Å²) < 4.78 is 42.9. The fraction of sp³-hybridized carbons (Fsp3) is 0.684. The van der Waals surface area contributed by atoms with E-state index in [0.29, 0.717) is 18.9 Å². The Kier molecular flexibility index (Phi) is 13.0. The van der Waals surface area contributed by atoms with Gasteiger partial charge in [-0.1, -0.05) is 0 Å². The summed E-state index contributed by atoms with van der Waals surface area (Å²) in [6.07, 6.45) is -1.75. The first-order valence-electron chi connectivity index (χ1n) is 10.1. The summed E-state index contributed by atoms with van der Waals surface area (Å²) in [4.78, 5) is 10.7. The van der Waals surface area contributed by atoms with Crippen LogP contribution < -0.4 is 16.0 Å². The van der Waals surface area contributed by atoms with Crippen LogP contribution in [0.4, 0.5) is 19.0 Å². The van der Waals surface area contributed by atoms with Crippen LogP contribution in [0.15, 0.2) is 23.3 Å². The van der Waals surface area contributed by atoms with Crippen molar-refractivity contribution in [2.24, 2.45) is 4.99 Å². The van der Waals surface area contributed by atoms with E-state index in [4.69, 9.17) is 4.74 Å². The summed E-state index contributed by atoms with van der Waals surface area (Å²) in [6.45, 7) is 9.48. The van der Waals surface area contributed by atoms with Crippen LogP contribution in [-0.2, 0) is 10.9 Å². The number of alkyl halides is 3. The molecule has 0 atom stereocenters. The molecule has 0 spiro atoms. The molecule has 0 aliphatic carbocycles. The summed E-state index contributed by atoms with van der Waals surface area (Å²) in [5, 5.41) is 9.56. The molecule has 0 saturated carbocycles. The van der Waals surface area contributed by atoms with Crippen LogP contribution in [0.1, 0.15) is 25.3 Å². The highest BCUT2D eigenvalue weighted by atomic mass is 127. The Labute approximate surface area is 193 Å². The minimum atomic E-state index is -4.36. The fourth-order valence-corrected chi connectivity index (χ4v) is 2.83. The molecule has 7 nitrogen and oxygen atoms in total. The van der Waals surface area contributed by atoms with Gasteiger partial charge in [0.2, 0.25) is 0 Å². The van der Waals surface area contributed by atoms with Gasteiger partial charge in [0.15, 0.2) is 5.96 Å². The second-order valence-electron chi connectivity index (χ2n) is 6.71. The smallest absolute Gasteiger partial charge is 0.379 e. The van der Waals surface area contributed by atoms with Crippen molar-refractivity contribution < 1.29 is 17.9 Å².